The normalized spacial score (nSPS) is 14.6. The van der Waals surface area contributed by atoms with Crippen LogP contribution in [0, 0.1) is 0 Å². The highest BCUT2D eigenvalue weighted by atomic mass is 16.1. The predicted molar refractivity (Wildman–Crippen MR) is 147 cm³/mol. The Balaban J connectivity index is 1.28. The van der Waals surface area contributed by atoms with Gasteiger partial charge in [-0.05, 0) is 62.7 Å². The Morgan fingerprint density at radius 2 is 1.73 bits per heavy atom. The molecule has 0 bridgehead atoms. The second kappa shape index (κ2) is 11.5. The number of hydrogen-bond acceptors (Lipinski definition) is 5. The first kappa shape index (κ1) is 24.9. The van der Waals surface area contributed by atoms with Crippen molar-refractivity contribution in [2.24, 2.45) is 7.05 Å². The van der Waals surface area contributed by atoms with Crippen LogP contribution in [0.15, 0.2) is 73.2 Å². The molecular weight excluding hydrogens is 462 g/mol. The van der Waals surface area contributed by atoms with E-state index in [9.17, 15) is 4.79 Å². The van der Waals surface area contributed by atoms with Crippen molar-refractivity contribution in [3.63, 3.8) is 0 Å². The molecule has 37 heavy (non-hydrogen) atoms. The van der Waals surface area contributed by atoms with E-state index in [2.05, 4.69) is 27.3 Å². The molecule has 0 unspecified atom stereocenters. The second-order valence-electron chi connectivity index (χ2n) is 9.80. The number of imidazole rings is 1. The van der Waals surface area contributed by atoms with Crippen molar-refractivity contribution in [1.82, 2.24) is 29.1 Å². The minimum absolute atomic E-state index is 0.185. The third-order valence-corrected chi connectivity index (χ3v) is 6.93. The van der Waals surface area contributed by atoms with Gasteiger partial charge in [0, 0.05) is 62.4 Å². The SMILES string of the molecule is CN1CCN(CCCCc2cn(-c3ccccc3)c(NC(=O)c3cccc(-c4cnn(C)c4)c3)n2)CC1. The fourth-order valence-electron chi connectivity index (χ4n) is 4.72. The van der Waals surface area contributed by atoms with Gasteiger partial charge < -0.3 is 9.80 Å². The summed E-state index contributed by atoms with van der Waals surface area (Å²) in [5.74, 6) is 0.354. The average molecular weight is 498 g/mol. The number of benzene rings is 2. The number of aryl methyl sites for hydroxylation is 2. The topological polar surface area (TPSA) is 71.2 Å². The van der Waals surface area contributed by atoms with E-state index in [1.807, 2.05) is 78.6 Å². The molecule has 0 saturated carbocycles. The van der Waals surface area contributed by atoms with Gasteiger partial charge in [0.1, 0.15) is 0 Å². The molecule has 192 valence electrons. The van der Waals surface area contributed by atoms with Crippen LogP contribution < -0.4 is 5.32 Å². The van der Waals surface area contributed by atoms with Crippen LogP contribution in [0.4, 0.5) is 5.95 Å². The summed E-state index contributed by atoms with van der Waals surface area (Å²) in [6.45, 7) is 5.73. The van der Waals surface area contributed by atoms with E-state index in [0.29, 0.717) is 11.5 Å². The number of anilines is 1. The molecule has 1 saturated heterocycles. The zero-order valence-electron chi connectivity index (χ0n) is 21.7. The Morgan fingerprint density at radius 1 is 0.919 bits per heavy atom. The van der Waals surface area contributed by atoms with Crippen LogP contribution >= 0.6 is 0 Å². The van der Waals surface area contributed by atoms with Gasteiger partial charge in [0.15, 0.2) is 0 Å². The summed E-state index contributed by atoms with van der Waals surface area (Å²) in [5.41, 5.74) is 4.47. The number of aromatic nitrogens is 4. The zero-order valence-corrected chi connectivity index (χ0v) is 21.7. The van der Waals surface area contributed by atoms with Crippen molar-refractivity contribution in [2.75, 3.05) is 45.1 Å². The summed E-state index contributed by atoms with van der Waals surface area (Å²) >= 11 is 0. The van der Waals surface area contributed by atoms with Gasteiger partial charge in [0.2, 0.25) is 5.95 Å². The summed E-state index contributed by atoms with van der Waals surface area (Å²) in [7, 11) is 4.07. The summed E-state index contributed by atoms with van der Waals surface area (Å²) in [4.78, 5) is 23.0. The van der Waals surface area contributed by atoms with Crippen molar-refractivity contribution >= 4 is 11.9 Å². The Kier molecular flexibility index (Phi) is 7.77. The number of amides is 1. The molecule has 1 aliphatic rings. The van der Waals surface area contributed by atoms with Gasteiger partial charge in [-0.15, -0.1) is 0 Å². The zero-order chi connectivity index (χ0) is 25.6. The maximum absolute atomic E-state index is 13.3. The molecule has 1 amide bonds. The minimum atomic E-state index is -0.185. The van der Waals surface area contributed by atoms with Crippen molar-refractivity contribution < 1.29 is 4.79 Å². The van der Waals surface area contributed by atoms with Crippen LogP contribution in [0.1, 0.15) is 28.9 Å². The van der Waals surface area contributed by atoms with Gasteiger partial charge in [-0.25, -0.2) is 4.98 Å². The van der Waals surface area contributed by atoms with Gasteiger partial charge in [-0.3, -0.25) is 19.4 Å². The van der Waals surface area contributed by atoms with Gasteiger partial charge >= 0.3 is 0 Å². The Morgan fingerprint density at radius 3 is 2.49 bits per heavy atom. The largest absolute Gasteiger partial charge is 0.304 e. The third kappa shape index (κ3) is 6.34. The monoisotopic (exact) mass is 497 g/mol. The molecule has 4 aromatic rings. The lowest BCUT2D eigenvalue weighted by atomic mass is 10.1. The van der Waals surface area contributed by atoms with Crippen molar-refractivity contribution in [3.8, 4) is 16.8 Å². The van der Waals surface area contributed by atoms with Crippen LogP contribution in [-0.4, -0.2) is 74.8 Å². The number of unbranched alkanes of at least 4 members (excludes halogenated alkanes) is 1. The number of likely N-dealkylation sites (N-methyl/N-ethyl adjacent to an activating group) is 1. The smallest absolute Gasteiger partial charge is 0.258 e. The number of para-hydroxylation sites is 1. The number of carbonyl (C=O) groups excluding carboxylic acids is 1. The molecule has 1 aliphatic heterocycles. The van der Waals surface area contributed by atoms with Crippen LogP contribution in [0.25, 0.3) is 16.8 Å². The van der Waals surface area contributed by atoms with Gasteiger partial charge in [-0.1, -0.05) is 30.3 Å². The quantitative estimate of drug-likeness (QED) is 0.353. The number of nitrogens with one attached hydrogen (secondary N) is 1. The van der Waals surface area contributed by atoms with Crippen LogP contribution in [0.5, 0.6) is 0 Å². The van der Waals surface area contributed by atoms with Crippen LogP contribution in [-0.2, 0) is 13.5 Å². The lowest BCUT2D eigenvalue weighted by Gasteiger charge is -2.32. The number of nitrogens with zero attached hydrogens (tertiary/aromatic N) is 6. The Hall–Kier alpha value is -3.75. The van der Waals surface area contributed by atoms with E-state index in [1.54, 1.807) is 10.9 Å². The lowest BCUT2D eigenvalue weighted by Crippen LogP contribution is -2.44. The maximum Gasteiger partial charge on any atom is 0.258 e. The number of piperazine rings is 1. The van der Waals surface area contributed by atoms with Gasteiger partial charge in [-0.2, -0.15) is 5.10 Å². The molecule has 0 aliphatic carbocycles. The fraction of sp³-hybridized carbons (Fsp3) is 0.345. The molecule has 5 rings (SSSR count). The average Bonchev–Trinajstić information content (AvgIpc) is 3.54. The first-order valence-corrected chi connectivity index (χ1v) is 13.0. The van der Waals surface area contributed by atoms with Crippen molar-refractivity contribution in [1.29, 1.82) is 0 Å². The summed E-state index contributed by atoms with van der Waals surface area (Å²) in [5, 5.41) is 7.30. The van der Waals surface area contributed by atoms with Crippen LogP contribution in [0.2, 0.25) is 0 Å². The van der Waals surface area contributed by atoms with E-state index in [0.717, 1.165) is 74.5 Å². The minimum Gasteiger partial charge on any atom is -0.304 e. The second-order valence-corrected chi connectivity index (χ2v) is 9.80. The lowest BCUT2D eigenvalue weighted by molar-refractivity contribution is 0.102. The highest BCUT2D eigenvalue weighted by molar-refractivity contribution is 6.04. The molecule has 8 nitrogen and oxygen atoms in total. The van der Waals surface area contributed by atoms with Gasteiger partial charge in [0.25, 0.3) is 5.91 Å². The highest BCUT2D eigenvalue weighted by Crippen LogP contribution is 2.22. The molecule has 0 radical (unpaired) electrons. The third-order valence-electron chi connectivity index (χ3n) is 6.93. The molecule has 0 spiro atoms. The molecule has 3 heterocycles. The molecule has 0 atom stereocenters. The Labute approximate surface area is 218 Å². The molecule has 1 fully saturated rings. The molecule has 2 aromatic carbocycles. The standard InChI is InChI=1S/C29H35N7O/c1-33-15-17-35(18-16-33)14-7-6-11-26-22-36(27-12-4-3-5-13-27)29(31-26)32-28(37)24-10-8-9-23(19-24)25-20-30-34(2)21-25/h3-5,8-10,12-13,19-22H,6-7,11,14-18H2,1-2H3,(H,31,32,37). The molecule has 1 N–H and O–H groups in total. The maximum atomic E-state index is 13.3. The Bertz CT molecular complexity index is 1320. The summed E-state index contributed by atoms with van der Waals surface area (Å²) in [6.07, 6.45) is 8.88. The highest BCUT2D eigenvalue weighted by Gasteiger charge is 2.16. The van der Waals surface area contributed by atoms with E-state index in [4.69, 9.17) is 4.98 Å². The number of hydrogen-bond donors (Lipinski definition) is 1. The van der Waals surface area contributed by atoms with Gasteiger partial charge in [0.05, 0.1) is 11.9 Å². The van der Waals surface area contributed by atoms with E-state index < -0.39 is 0 Å². The summed E-state index contributed by atoms with van der Waals surface area (Å²) in [6, 6.07) is 17.6. The van der Waals surface area contributed by atoms with Crippen LogP contribution in [0.3, 0.4) is 0 Å². The van der Waals surface area contributed by atoms with Crippen molar-refractivity contribution in [3.05, 3.63) is 84.4 Å². The molecular formula is C29H35N7O. The summed E-state index contributed by atoms with van der Waals surface area (Å²) < 4.78 is 3.73. The van der Waals surface area contributed by atoms with Crippen molar-refractivity contribution in [2.45, 2.75) is 19.3 Å². The fourth-order valence-corrected chi connectivity index (χ4v) is 4.72. The number of carbonyl (C=O) groups is 1. The first-order valence-electron chi connectivity index (χ1n) is 13.0. The van der Waals surface area contributed by atoms with E-state index in [1.165, 1.54) is 0 Å². The van der Waals surface area contributed by atoms with E-state index >= 15 is 0 Å². The number of rotatable bonds is 9. The predicted octanol–water partition coefficient (Wildman–Crippen LogP) is 4.10. The first-order chi connectivity index (χ1) is 18.0. The molecule has 2 aromatic heterocycles. The van der Waals surface area contributed by atoms with E-state index in [-0.39, 0.29) is 5.91 Å². The molecule has 8 heteroatoms.